The van der Waals surface area contributed by atoms with Crippen LogP contribution in [0.5, 0.6) is 0 Å². The van der Waals surface area contributed by atoms with Crippen molar-refractivity contribution in [2.45, 2.75) is 13.8 Å². The summed E-state index contributed by atoms with van der Waals surface area (Å²) in [7, 11) is 1.82. The largest absolute Gasteiger partial charge is 0.363 e. The number of nitrogens with one attached hydrogen (secondary N) is 1. The van der Waals surface area contributed by atoms with Crippen molar-refractivity contribution in [1.82, 2.24) is 19.1 Å². The predicted octanol–water partition coefficient (Wildman–Crippen LogP) is 1.38. The van der Waals surface area contributed by atoms with Gasteiger partial charge in [0, 0.05) is 24.3 Å². The molecule has 0 bridgehead atoms. The third-order valence-corrected chi connectivity index (χ3v) is 2.55. The van der Waals surface area contributed by atoms with Gasteiger partial charge >= 0.3 is 0 Å². The number of anilines is 1. The topological polar surface area (TPSA) is 55.6 Å². The van der Waals surface area contributed by atoms with E-state index < -0.39 is 0 Å². The maximum absolute atomic E-state index is 4.30. The molecule has 0 spiro atoms. The monoisotopic (exact) mass is 209 g/mol. The first kappa shape index (κ1) is 9.14. The molecule has 0 unspecified atom stereocenters. The van der Waals surface area contributed by atoms with Crippen LogP contribution in [0, 0.1) is 13.8 Å². The Hall–Kier alpha value is -1.43. The van der Waals surface area contributed by atoms with Crippen LogP contribution in [0.25, 0.3) is 5.95 Å². The molecule has 0 saturated carbocycles. The van der Waals surface area contributed by atoms with Gasteiger partial charge in [0.05, 0.1) is 5.69 Å². The minimum Gasteiger partial charge on any atom is -0.363 e. The summed E-state index contributed by atoms with van der Waals surface area (Å²) >= 11 is 1.33. The van der Waals surface area contributed by atoms with E-state index >= 15 is 0 Å². The number of hydrogen-bond acceptors (Lipinski definition) is 5. The summed E-state index contributed by atoms with van der Waals surface area (Å²) < 4.78 is 5.94. The molecule has 0 fully saturated rings. The minimum atomic E-state index is 0.630. The number of aryl methyl sites for hydroxylation is 2. The molecule has 2 heterocycles. The van der Waals surface area contributed by atoms with Gasteiger partial charge in [0.25, 0.3) is 5.95 Å². The Bertz CT molecular complexity index is 444. The molecule has 0 aliphatic rings. The van der Waals surface area contributed by atoms with Crippen molar-refractivity contribution in [2.75, 3.05) is 12.4 Å². The van der Waals surface area contributed by atoms with Gasteiger partial charge in [0.2, 0.25) is 5.13 Å². The normalized spacial score (nSPS) is 10.5. The molecule has 5 nitrogen and oxygen atoms in total. The second kappa shape index (κ2) is 3.38. The summed E-state index contributed by atoms with van der Waals surface area (Å²) in [4.78, 5) is 4.27. The first-order valence-electron chi connectivity index (χ1n) is 4.26. The number of rotatable bonds is 2. The van der Waals surface area contributed by atoms with Crippen LogP contribution in [0.2, 0.25) is 0 Å². The highest BCUT2D eigenvalue weighted by Crippen LogP contribution is 2.14. The van der Waals surface area contributed by atoms with Gasteiger partial charge in [-0.15, -0.1) is 4.37 Å². The molecule has 0 atom stereocenters. The highest BCUT2D eigenvalue weighted by atomic mass is 32.1. The van der Waals surface area contributed by atoms with Gasteiger partial charge in [0.1, 0.15) is 0 Å². The average Bonchev–Trinajstić information content (AvgIpc) is 2.71. The standard InChI is InChI=1S/C8H11N5S/c1-5-4-6(2)13(11-5)7-10-8(9-3)14-12-7/h4H,1-3H3,(H,9,10,12). The Balaban J connectivity index is 2.43. The fourth-order valence-corrected chi connectivity index (χ4v) is 1.73. The summed E-state index contributed by atoms with van der Waals surface area (Å²) in [6.07, 6.45) is 0. The van der Waals surface area contributed by atoms with Crippen molar-refractivity contribution < 1.29 is 0 Å². The van der Waals surface area contributed by atoms with Crippen molar-refractivity contribution in [2.24, 2.45) is 0 Å². The molecular weight excluding hydrogens is 198 g/mol. The fraction of sp³-hybridized carbons (Fsp3) is 0.375. The van der Waals surface area contributed by atoms with E-state index in [4.69, 9.17) is 0 Å². The zero-order valence-corrected chi connectivity index (χ0v) is 9.09. The Labute approximate surface area is 86.0 Å². The van der Waals surface area contributed by atoms with Crippen LogP contribution in [-0.2, 0) is 0 Å². The molecule has 2 aromatic rings. The number of hydrogen-bond donors (Lipinski definition) is 1. The third kappa shape index (κ3) is 1.48. The van der Waals surface area contributed by atoms with Crippen molar-refractivity contribution >= 4 is 16.7 Å². The third-order valence-electron chi connectivity index (χ3n) is 1.83. The lowest BCUT2D eigenvalue weighted by Gasteiger charge is -1.95. The van der Waals surface area contributed by atoms with Crippen LogP contribution in [0.1, 0.15) is 11.4 Å². The van der Waals surface area contributed by atoms with Crippen LogP contribution in [-0.4, -0.2) is 26.2 Å². The van der Waals surface area contributed by atoms with Gasteiger partial charge in [-0.2, -0.15) is 10.1 Å². The SMILES string of the molecule is CNc1nc(-n2nc(C)cc2C)ns1. The van der Waals surface area contributed by atoms with Crippen LogP contribution in [0.4, 0.5) is 5.13 Å². The van der Waals surface area contributed by atoms with Gasteiger partial charge in [0.15, 0.2) is 0 Å². The summed E-state index contributed by atoms with van der Waals surface area (Å²) in [6, 6.07) is 2.00. The van der Waals surface area contributed by atoms with Gasteiger partial charge in [-0.05, 0) is 19.9 Å². The summed E-state index contributed by atoms with van der Waals surface area (Å²) in [5.74, 6) is 0.630. The number of aromatic nitrogens is 4. The summed E-state index contributed by atoms with van der Waals surface area (Å²) in [5, 5.41) is 8.04. The lowest BCUT2D eigenvalue weighted by molar-refractivity contribution is 0.791. The average molecular weight is 209 g/mol. The first-order chi connectivity index (χ1) is 6.70. The maximum atomic E-state index is 4.30. The van der Waals surface area contributed by atoms with E-state index in [0.717, 1.165) is 16.5 Å². The molecule has 74 valence electrons. The quantitative estimate of drug-likeness (QED) is 0.812. The van der Waals surface area contributed by atoms with Crippen LogP contribution < -0.4 is 5.32 Å². The molecule has 0 radical (unpaired) electrons. The Morgan fingerprint density at radius 1 is 1.43 bits per heavy atom. The van der Waals surface area contributed by atoms with Crippen molar-refractivity contribution in [3.63, 3.8) is 0 Å². The Morgan fingerprint density at radius 3 is 2.71 bits per heavy atom. The van der Waals surface area contributed by atoms with Crippen LogP contribution >= 0.6 is 11.5 Å². The minimum absolute atomic E-state index is 0.630. The maximum Gasteiger partial charge on any atom is 0.264 e. The predicted molar refractivity (Wildman–Crippen MR) is 56.1 cm³/mol. The molecule has 14 heavy (non-hydrogen) atoms. The lowest BCUT2D eigenvalue weighted by Crippen LogP contribution is -2.01. The smallest absolute Gasteiger partial charge is 0.264 e. The van der Waals surface area contributed by atoms with Gasteiger partial charge in [-0.1, -0.05) is 0 Å². The molecule has 0 aliphatic heterocycles. The highest BCUT2D eigenvalue weighted by Gasteiger charge is 2.08. The Morgan fingerprint density at radius 2 is 2.21 bits per heavy atom. The zero-order valence-electron chi connectivity index (χ0n) is 8.27. The molecular formula is C8H11N5S. The molecule has 2 aromatic heterocycles. The second-order valence-electron chi connectivity index (χ2n) is 2.99. The van der Waals surface area contributed by atoms with Gasteiger partial charge in [-0.3, -0.25) is 0 Å². The van der Waals surface area contributed by atoms with E-state index in [2.05, 4.69) is 19.8 Å². The van der Waals surface area contributed by atoms with E-state index in [9.17, 15) is 0 Å². The van der Waals surface area contributed by atoms with Crippen LogP contribution in [0.15, 0.2) is 6.07 Å². The fourth-order valence-electron chi connectivity index (χ4n) is 1.23. The van der Waals surface area contributed by atoms with Crippen molar-refractivity contribution in [1.29, 1.82) is 0 Å². The van der Waals surface area contributed by atoms with Gasteiger partial charge < -0.3 is 5.32 Å². The molecule has 0 amide bonds. The molecule has 0 saturated heterocycles. The molecule has 2 rings (SSSR count). The zero-order chi connectivity index (χ0) is 10.1. The molecule has 0 aliphatic carbocycles. The highest BCUT2D eigenvalue weighted by molar-refractivity contribution is 7.09. The second-order valence-corrected chi connectivity index (χ2v) is 3.74. The summed E-state index contributed by atoms with van der Waals surface area (Å²) in [6.45, 7) is 3.94. The molecule has 0 aromatic carbocycles. The van der Waals surface area contributed by atoms with Gasteiger partial charge in [-0.25, -0.2) is 4.68 Å². The first-order valence-corrected chi connectivity index (χ1v) is 5.03. The summed E-state index contributed by atoms with van der Waals surface area (Å²) in [5.41, 5.74) is 2.02. The van der Waals surface area contributed by atoms with E-state index in [1.165, 1.54) is 11.5 Å². The van der Waals surface area contributed by atoms with E-state index in [-0.39, 0.29) is 0 Å². The molecule has 1 N–H and O–H groups in total. The van der Waals surface area contributed by atoms with Crippen molar-refractivity contribution in [3.8, 4) is 5.95 Å². The van der Waals surface area contributed by atoms with E-state index in [1.807, 2.05) is 27.0 Å². The van der Waals surface area contributed by atoms with E-state index in [0.29, 0.717) is 5.95 Å². The lowest BCUT2D eigenvalue weighted by atomic mass is 10.4. The van der Waals surface area contributed by atoms with E-state index in [1.54, 1.807) is 4.68 Å². The molecule has 6 heteroatoms. The Kier molecular flexibility index (Phi) is 2.20. The van der Waals surface area contributed by atoms with Crippen LogP contribution in [0.3, 0.4) is 0 Å². The van der Waals surface area contributed by atoms with Crippen molar-refractivity contribution in [3.05, 3.63) is 17.5 Å². The number of nitrogens with zero attached hydrogens (tertiary/aromatic N) is 4.